The van der Waals surface area contributed by atoms with Crippen LogP contribution in [0.1, 0.15) is 18.4 Å². The van der Waals surface area contributed by atoms with Crippen molar-refractivity contribution in [1.82, 2.24) is 5.32 Å². The number of nitrogens with zero attached hydrogens (tertiary/aromatic N) is 1. The molecule has 27 heavy (non-hydrogen) atoms. The fourth-order valence-corrected chi connectivity index (χ4v) is 3.51. The molecule has 0 unspecified atom stereocenters. The van der Waals surface area contributed by atoms with E-state index >= 15 is 0 Å². The Labute approximate surface area is 161 Å². The maximum Gasteiger partial charge on any atom is 0.232 e. The number of ether oxygens (including phenoxy) is 1. The lowest BCUT2D eigenvalue weighted by Gasteiger charge is -2.22. The van der Waals surface area contributed by atoms with Crippen LogP contribution in [-0.2, 0) is 14.8 Å². The van der Waals surface area contributed by atoms with Gasteiger partial charge in [-0.3, -0.25) is 9.10 Å². The largest absolute Gasteiger partial charge is 0.492 e. The Morgan fingerprint density at radius 3 is 2.37 bits per heavy atom. The van der Waals surface area contributed by atoms with E-state index in [2.05, 4.69) is 5.32 Å². The Kier molecular flexibility index (Phi) is 7.67. The molecule has 0 saturated heterocycles. The second-order valence-electron chi connectivity index (χ2n) is 6.29. The zero-order valence-electron chi connectivity index (χ0n) is 15.7. The first-order valence-electron chi connectivity index (χ1n) is 8.85. The van der Waals surface area contributed by atoms with Crippen molar-refractivity contribution in [2.24, 2.45) is 0 Å². The quantitative estimate of drug-likeness (QED) is 0.633. The number of aryl methyl sites for hydroxylation is 1. The number of rotatable bonds is 10. The maximum atomic E-state index is 12.0. The van der Waals surface area contributed by atoms with Gasteiger partial charge in [-0.15, -0.1) is 0 Å². The lowest BCUT2D eigenvalue weighted by Crippen LogP contribution is -2.32. The fraction of sp³-hybridized carbons (Fsp3) is 0.350. The summed E-state index contributed by atoms with van der Waals surface area (Å²) in [5.41, 5.74) is 1.67. The molecule has 2 rings (SSSR count). The van der Waals surface area contributed by atoms with Gasteiger partial charge in [0.2, 0.25) is 15.9 Å². The molecule has 0 aliphatic heterocycles. The molecule has 0 atom stereocenters. The number of para-hydroxylation sites is 1. The summed E-state index contributed by atoms with van der Waals surface area (Å²) in [7, 11) is -3.40. The van der Waals surface area contributed by atoms with Crippen molar-refractivity contribution in [2.75, 3.05) is 30.3 Å². The number of hydrogen-bond donors (Lipinski definition) is 1. The summed E-state index contributed by atoms with van der Waals surface area (Å²) < 4.78 is 30.9. The van der Waals surface area contributed by atoms with Gasteiger partial charge in [0, 0.05) is 13.0 Å². The molecule has 0 spiro atoms. The van der Waals surface area contributed by atoms with Gasteiger partial charge in [-0.05, 0) is 37.6 Å². The third-order valence-electron chi connectivity index (χ3n) is 3.92. The zero-order chi connectivity index (χ0) is 19.7. The summed E-state index contributed by atoms with van der Waals surface area (Å²) >= 11 is 0. The average molecular weight is 391 g/mol. The Morgan fingerprint density at radius 1 is 1.07 bits per heavy atom. The topological polar surface area (TPSA) is 75.7 Å². The molecular formula is C20H26N2O4S. The van der Waals surface area contributed by atoms with E-state index in [9.17, 15) is 13.2 Å². The van der Waals surface area contributed by atoms with Crippen molar-refractivity contribution >= 4 is 21.6 Å². The monoisotopic (exact) mass is 390 g/mol. The lowest BCUT2D eigenvalue weighted by molar-refractivity contribution is -0.121. The van der Waals surface area contributed by atoms with Crippen LogP contribution in [0.3, 0.4) is 0 Å². The maximum absolute atomic E-state index is 12.0. The summed E-state index contributed by atoms with van der Waals surface area (Å²) in [6.07, 6.45) is 1.86. The van der Waals surface area contributed by atoms with Crippen LogP contribution in [0.25, 0.3) is 0 Å². The van der Waals surface area contributed by atoms with Gasteiger partial charge >= 0.3 is 0 Å². The third-order valence-corrected chi connectivity index (χ3v) is 5.12. The molecule has 7 heteroatoms. The van der Waals surface area contributed by atoms with Crippen molar-refractivity contribution < 1.29 is 17.9 Å². The molecule has 2 aromatic carbocycles. The predicted molar refractivity (Wildman–Crippen MR) is 108 cm³/mol. The third kappa shape index (κ3) is 7.30. The summed E-state index contributed by atoms with van der Waals surface area (Å²) in [4.78, 5) is 11.9. The number of hydrogen-bond acceptors (Lipinski definition) is 4. The molecule has 0 aromatic heterocycles. The summed E-state index contributed by atoms with van der Waals surface area (Å²) in [5.74, 6) is 0.637. The number of sulfonamides is 1. The average Bonchev–Trinajstić information content (AvgIpc) is 2.63. The summed E-state index contributed by atoms with van der Waals surface area (Å²) in [6.45, 7) is 2.99. The first kappa shape index (κ1) is 20.8. The Bertz CT molecular complexity index is 821. The lowest BCUT2D eigenvalue weighted by atomic mass is 10.2. The number of carbonyl (C=O) groups excluding carboxylic acids is 1. The van der Waals surface area contributed by atoms with E-state index < -0.39 is 10.0 Å². The highest BCUT2D eigenvalue weighted by molar-refractivity contribution is 7.92. The van der Waals surface area contributed by atoms with Crippen LogP contribution in [0.5, 0.6) is 5.75 Å². The first-order valence-corrected chi connectivity index (χ1v) is 10.7. The van der Waals surface area contributed by atoms with Gasteiger partial charge in [-0.1, -0.05) is 35.9 Å². The Morgan fingerprint density at radius 2 is 1.74 bits per heavy atom. The minimum absolute atomic E-state index is 0.121. The number of nitrogens with one attached hydrogen (secondary N) is 1. The molecule has 146 valence electrons. The van der Waals surface area contributed by atoms with Crippen molar-refractivity contribution in [2.45, 2.75) is 19.8 Å². The van der Waals surface area contributed by atoms with E-state index in [-0.39, 0.29) is 18.9 Å². The standard InChI is InChI=1S/C20H26N2O4S/c1-17-10-12-18(13-11-17)22(27(2,24)25)15-6-9-20(23)21-14-16-26-19-7-4-3-5-8-19/h3-5,7-8,10-13H,6,9,14-16H2,1-2H3,(H,21,23). The highest BCUT2D eigenvalue weighted by Gasteiger charge is 2.17. The molecule has 0 radical (unpaired) electrons. The zero-order valence-corrected chi connectivity index (χ0v) is 16.5. The van der Waals surface area contributed by atoms with Crippen LogP contribution in [0, 0.1) is 6.92 Å². The van der Waals surface area contributed by atoms with Crippen LogP contribution in [0.2, 0.25) is 0 Å². The summed E-state index contributed by atoms with van der Waals surface area (Å²) in [5, 5.41) is 2.78. The van der Waals surface area contributed by atoms with Crippen molar-refractivity contribution in [3.05, 3.63) is 60.2 Å². The van der Waals surface area contributed by atoms with E-state index in [0.29, 0.717) is 25.3 Å². The van der Waals surface area contributed by atoms with E-state index in [1.54, 1.807) is 12.1 Å². The molecule has 6 nitrogen and oxygen atoms in total. The van der Waals surface area contributed by atoms with Gasteiger partial charge in [-0.2, -0.15) is 0 Å². The van der Waals surface area contributed by atoms with Crippen molar-refractivity contribution in [3.63, 3.8) is 0 Å². The fourth-order valence-electron chi connectivity index (χ4n) is 2.55. The highest BCUT2D eigenvalue weighted by atomic mass is 32.2. The molecular weight excluding hydrogens is 364 g/mol. The molecule has 0 fully saturated rings. The number of anilines is 1. The van der Waals surface area contributed by atoms with Gasteiger partial charge in [0.15, 0.2) is 0 Å². The van der Waals surface area contributed by atoms with Crippen LogP contribution >= 0.6 is 0 Å². The normalized spacial score (nSPS) is 11.0. The molecule has 2 aromatic rings. The van der Waals surface area contributed by atoms with E-state index in [1.165, 1.54) is 10.6 Å². The minimum atomic E-state index is -3.40. The minimum Gasteiger partial charge on any atom is -0.492 e. The Balaban J connectivity index is 1.74. The number of benzene rings is 2. The molecule has 1 amide bonds. The Hall–Kier alpha value is -2.54. The van der Waals surface area contributed by atoms with Gasteiger partial charge in [0.1, 0.15) is 12.4 Å². The number of amides is 1. The van der Waals surface area contributed by atoms with E-state index in [1.807, 2.05) is 49.4 Å². The molecule has 0 aliphatic rings. The molecule has 0 bridgehead atoms. The SMILES string of the molecule is Cc1ccc(N(CCCC(=O)NCCOc2ccccc2)S(C)(=O)=O)cc1. The summed E-state index contributed by atoms with van der Waals surface area (Å²) in [6, 6.07) is 16.7. The molecule has 0 saturated carbocycles. The van der Waals surface area contributed by atoms with Crippen LogP contribution in [0.15, 0.2) is 54.6 Å². The van der Waals surface area contributed by atoms with Crippen molar-refractivity contribution in [1.29, 1.82) is 0 Å². The second-order valence-corrected chi connectivity index (χ2v) is 8.19. The van der Waals surface area contributed by atoms with Gasteiger partial charge in [-0.25, -0.2) is 8.42 Å². The first-order chi connectivity index (χ1) is 12.9. The number of carbonyl (C=O) groups is 1. The van der Waals surface area contributed by atoms with E-state index in [0.717, 1.165) is 11.3 Å². The van der Waals surface area contributed by atoms with Crippen LogP contribution in [-0.4, -0.2) is 40.3 Å². The molecule has 1 N–H and O–H groups in total. The van der Waals surface area contributed by atoms with Crippen LogP contribution in [0.4, 0.5) is 5.69 Å². The van der Waals surface area contributed by atoms with E-state index in [4.69, 9.17) is 4.74 Å². The molecule has 0 heterocycles. The molecule has 0 aliphatic carbocycles. The predicted octanol–water partition coefficient (Wildman–Crippen LogP) is 2.74. The van der Waals surface area contributed by atoms with Crippen molar-refractivity contribution in [3.8, 4) is 5.75 Å². The highest BCUT2D eigenvalue weighted by Crippen LogP contribution is 2.18. The smallest absolute Gasteiger partial charge is 0.232 e. The van der Waals surface area contributed by atoms with Crippen LogP contribution < -0.4 is 14.4 Å². The van der Waals surface area contributed by atoms with Gasteiger partial charge in [0.05, 0.1) is 18.5 Å². The second kappa shape index (κ2) is 9.97. The van der Waals surface area contributed by atoms with Gasteiger partial charge in [0.25, 0.3) is 0 Å². The van der Waals surface area contributed by atoms with Gasteiger partial charge < -0.3 is 10.1 Å².